The van der Waals surface area contributed by atoms with Gasteiger partial charge in [-0.25, -0.2) is 4.98 Å². The zero-order valence-corrected chi connectivity index (χ0v) is 12.3. The van der Waals surface area contributed by atoms with Crippen LogP contribution in [-0.4, -0.2) is 15.1 Å². The lowest BCUT2D eigenvalue weighted by atomic mass is 10.1. The number of nitrogens with one attached hydrogen (secondary N) is 1. The Kier molecular flexibility index (Phi) is 4.05. The summed E-state index contributed by atoms with van der Waals surface area (Å²) in [5, 5.41) is 3.50. The maximum Gasteiger partial charge on any atom is 0.0951 e. The lowest BCUT2D eigenvalue weighted by Crippen LogP contribution is -2.35. The van der Waals surface area contributed by atoms with Crippen molar-refractivity contribution in [2.24, 2.45) is 0 Å². The maximum absolute atomic E-state index is 4.26. The van der Waals surface area contributed by atoms with Gasteiger partial charge in [0.2, 0.25) is 0 Å². The molecule has 0 amide bonds. The van der Waals surface area contributed by atoms with E-state index >= 15 is 0 Å². The van der Waals surface area contributed by atoms with Gasteiger partial charge in [-0.1, -0.05) is 29.8 Å². The third-order valence-electron chi connectivity index (χ3n) is 3.07. The molecule has 3 heteroatoms. The van der Waals surface area contributed by atoms with Crippen molar-refractivity contribution in [3.05, 3.63) is 53.6 Å². The second-order valence-electron chi connectivity index (χ2n) is 6.10. The normalized spacial score (nSPS) is 11.8. The third-order valence-corrected chi connectivity index (χ3v) is 3.07. The van der Waals surface area contributed by atoms with E-state index in [-0.39, 0.29) is 5.54 Å². The first-order chi connectivity index (χ1) is 8.94. The van der Waals surface area contributed by atoms with Gasteiger partial charge in [0.25, 0.3) is 0 Å². The number of hydrogen-bond acceptors (Lipinski definition) is 2. The van der Waals surface area contributed by atoms with Crippen LogP contribution in [0.1, 0.15) is 37.6 Å². The van der Waals surface area contributed by atoms with Crippen molar-refractivity contribution in [1.82, 2.24) is 14.9 Å². The Morgan fingerprint density at radius 1 is 1.16 bits per heavy atom. The molecule has 1 aromatic heterocycles. The lowest BCUT2D eigenvalue weighted by Gasteiger charge is -2.21. The molecule has 0 saturated heterocycles. The molecule has 0 saturated carbocycles. The molecule has 0 bridgehead atoms. The second kappa shape index (κ2) is 5.57. The predicted molar refractivity (Wildman–Crippen MR) is 79.1 cm³/mol. The summed E-state index contributed by atoms with van der Waals surface area (Å²) in [6, 6.07) is 8.66. The molecule has 0 atom stereocenters. The quantitative estimate of drug-likeness (QED) is 0.912. The van der Waals surface area contributed by atoms with Gasteiger partial charge in [-0.2, -0.15) is 0 Å². The lowest BCUT2D eigenvalue weighted by molar-refractivity contribution is 0.417. The molecule has 0 fully saturated rings. The van der Waals surface area contributed by atoms with Gasteiger partial charge in [0.1, 0.15) is 0 Å². The minimum absolute atomic E-state index is 0.124. The first kappa shape index (κ1) is 13.8. The molecule has 2 rings (SSSR count). The fourth-order valence-electron chi connectivity index (χ4n) is 1.88. The number of aryl methyl sites for hydroxylation is 1. The minimum Gasteiger partial charge on any atom is -0.329 e. The van der Waals surface area contributed by atoms with Gasteiger partial charge in [0.15, 0.2) is 0 Å². The van der Waals surface area contributed by atoms with Gasteiger partial charge in [0, 0.05) is 24.8 Å². The predicted octanol–water partition coefficient (Wildman–Crippen LogP) is 3.13. The van der Waals surface area contributed by atoms with Crippen LogP contribution in [0.5, 0.6) is 0 Å². The SMILES string of the molecule is Cc1ccc(Cn2cncc2CNC(C)(C)C)cc1. The van der Waals surface area contributed by atoms with Crippen molar-refractivity contribution in [3.8, 4) is 0 Å². The van der Waals surface area contributed by atoms with E-state index in [2.05, 4.69) is 66.8 Å². The number of benzene rings is 1. The smallest absolute Gasteiger partial charge is 0.0951 e. The Morgan fingerprint density at radius 3 is 2.47 bits per heavy atom. The van der Waals surface area contributed by atoms with Gasteiger partial charge in [0.05, 0.1) is 12.0 Å². The summed E-state index contributed by atoms with van der Waals surface area (Å²) < 4.78 is 2.20. The van der Waals surface area contributed by atoms with Crippen molar-refractivity contribution in [2.75, 3.05) is 0 Å². The highest BCUT2D eigenvalue weighted by molar-refractivity contribution is 5.22. The van der Waals surface area contributed by atoms with Gasteiger partial charge >= 0.3 is 0 Å². The van der Waals surface area contributed by atoms with Crippen LogP contribution in [0.15, 0.2) is 36.8 Å². The van der Waals surface area contributed by atoms with E-state index in [4.69, 9.17) is 0 Å². The van der Waals surface area contributed by atoms with Crippen LogP contribution < -0.4 is 5.32 Å². The molecule has 0 unspecified atom stereocenters. The van der Waals surface area contributed by atoms with E-state index in [0.29, 0.717) is 0 Å². The average molecular weight is 257 g/mol. The molecule has 1 N–H and O–H groups in total. The highest BCUT2D eigenvalue weighted by Gasteiger charge is 2.10. The molecule has 1 aromatic carbocycles. The maximum atomic E-state index is 4.26. The van der Waals surface area contributed by atoms with Crippen LogP contribution in [0.3, 0.4) is 0 Å². The zero-order valence-electron chi connectivity index (χ0n) is 12.3. The molecule has 0 radical (unpaired) electrons. The second-order valence-corrected chi connectivity index (χ2v) is 6.10. The topological polar surface area (TPSA) is 29.9 Å². The molecular weight excluding hydrogens is 234 g/mol. The molecule has 0 aliphatic rings. The van der Waals surface area contributed by atoms with Crippen LogP contribution >= 0.6 is 0 Å². The van der Waals surface area contributed by atoms with Crippen molar-refractivity contribution >= 4 is 0 Å². The largest absolute Gasteiger partial charge is 0.329 e. The highest BCUT2D eigenvalue weighted by Crippen LogP contribution is 2.09. The van der Waals surface area contributed by atoms with Crippen molar-refractivity contribution in [1.29, 1.82) is 0 Å². The van der Waals surface area contributed by atoms with Crippen LogP contribution in [0.4, 0.5) is 0 Å². The van der Waals surface area contributed by atoms with E-state index < -0.39 is 0 Å². The first-order valence-electron chi connectivity index (χ1n) is 6.74. The summed E-state index contributed by atoms with van der Waals surface area (Å²) in [5.74, 6) is 0. The average Bonchev–Trinajstić information content (AvgIpc) is 2.76. The standard InChI is InChI=1S/C16H23N3/c1-13-5-7-14(8-6-13)11-19-12-17-9-15(19)10-18-16(2,3)4/h5-9,12,18H,10-11H2,1-4H3. The molecule has 19 heavy (non-hydrogen) atoms. The monoisotopic (exact) mass is 257 g/mol. The van der Waals surface area contributed by atoms with Crippen LogP contribution in [0, 0.1) is 6.92 Å². The first-order valence-corrected chi connectivity index (χ1v) is 6.74. The Balaban J connectivity index is 2.05. The number of aromatic nitrogens is 2. The molecular formula is C16H23N3. The number of imidazole rings is 1. The van der Waals surface area contributed by atoms with Crippen LogP contribution in [-0.2, 0) is 13.1 Å². The zero-order chi connectivity index (χ0) is 13.9. The molecule has 3 nitrogen and oxygen atoms in total. The van der Waals surface area contributed by atoms with E-state index in [1.807, 2.05) is 12.5 Å². The minimum atomic E-state index is 0.124. The van der Waals surface area contributed by atoms with E-state index in [9.17, 15) is 0 Å². The van der Waals surface area contributed by atoms with Gasteiger partial charge in [-0.15, -0.1) is 0 Å². The molecule has 0 aliphatic heterocycles. The van der Waals surface area contributed by atoms with Gasteiger partial charge in [-0.05, 0) is 33.3 Å². The Labute approximate surface area is 115 Å². The van der Waals surface area contributed by atoms with Gasteiger partial charge in [-0.3, -0.25) is 0 Å². The Bertz CT molecular complexity index is 518. The fourth-order valence-corrected chi connectivity index (χ4v) is 1.88. The summed E-state index contributed by atoms with van der Waals surface area (Å²) in [5.41, 5.74) is 3.94. The number of hydrogen-bond donors (Lipinski definition) is 1. The number of rotatable bonds is 4. The summed E-state index contributed by atoms with van der Waals surface area (Å²) in [6.07, 6.45) is 3.84. The van der Waals surface area contributed by atoms with E-state index in [1.165, 1.54) is 16.8 Å². The van der Waals surface area contributed by atoms with E-state index in [0.717, 1.165) is 13.1 Å². The van der Waals surface area contributed by atoms with Crippen LogP contribution in [0.25, 0.3) is 0 Å². The summed E-state index contributed by atoms with van der Waals surface area (Å²) in [4.78, 5) is 4.26. The summed E-state index contributed by atoms with van der Waals surface area (Å²) in [7, 11) is 0. The Morgan fingerprint density at radius 2 is 1.84 bits per heavy atom. The summed E-state index contributed by atoms with van der Waals surface area (Å²) in [6.45, 7) is 10.4. The molecule has 1 heterocycles. The summed E-state index contributed by atoms with van der Waals surface area (Å²) >= 11 is 0. The van der Waals surface area contributed by atoms with Crippen molar-refractivity contribution in [3.63, 3.8) is 0 Å². The highest BCUT2D eigenvalue weighted by atomic mass is 15.1. The van der Waals surface area contributed by atoms with Crippen molar-refractivity contribution in [2.45, 2.75) is 46.3 Å². The third kappa shape index (κ3) is 4.21. The molecule has 0 spiro atoms. The molecule has 102 valence electrons. The van der Waals surface area contributed by atoms with Crippen molar-refractivity contribution < 1.29 is 0 Å². The Hall–Kier alpha value is -1.61. The van der Waals surface area contributed by atoms with Crippen LogP contribution in [0.2, 0.25) is 0 Å². The molecule has 0 aliphatic carbocycles. The number of nitrogens with zero attached hydrogens (tertiary/aromatic N) is 2. The fraction of sp³-hybridized carbons (Fsp3) is 0.438. The van der Waals surface area contributed by atoms with E-state index in [1.54, 1.807) is 0 Å². The van der Waals surface area contributed by atoms with Gasteiger partial charge < -0.3 is 9.88 Å². The molecule has 2 aromatic rings.